The molecule has 0 saturated heterocycles. The van der Waals surface area contributed by atoms with Crippen LogP contribution in [0, 0.1) is 5.82 Å². The Labute approximate surface area is 211 Å². The number of aryl methyl sites for hydroxylation is 1. The monoisotopic (exact) mass is 518 g/mol. The summed E-state index contributed by atoms with van der Waals surface area (Å²) in [5.74, 6) is 0.445. The van der Waals surface area contributed by atoms with Crippen molar-refractivity contribution >= 4 is 17.3 Å². The maximum absolute atomic E-state index is 15.1. The molecule has 1 N–H and O–H groups in total. The number of benzene rings is 2. The van der Waals surface area contributed by atoms with Crippen molar-refractivity contribution in [3.05, 3.63) is 66.0 Å². The number of ether oxygens (including phenoxy) is 2. The molecule has 37 heavy (non-hydrogen) atoms. The SMILES string of the molecule is COc1cc(Nc2nc3n(n2)CCCC[C@H]3c2ccc(OC(F)(F)F)cc2)c(F)cc1N1C=CN(C)C1. The summed E-state index contributed by atoms with van der Waals surface area (Å²) in [6, 6.07) is 8.78. The molecule has 0 fully saturated rings. The quantitative estimate of drug-likeness (QED) is 0.429. The molecule has 2 aromatic carbocycles. The van der Waals surface area contributed by atoms with E-state index in [9.17, 15) is 13.2 Å². The van der Waals surface area contributed by atoms with Gasteiger partial charge in [-0.05, 0) is 30.5 Å². The fraction of sp³-hybridized carbons (Fsp3) is 0.360. The molecule has 3 heterocycles. The van der Waals surface area contributed by atoms with Crippen molar-refractivity contribution in [2.75, 3.05) is 31.0 Å². The second kappa shape index (κ2) is 9.83. The van der Waals surface area contributed by atoms with Gasteiger partial charge in [-0.2, -0.15) is 4.98 Å². The first-order chi connectivity index (χ1) is 17.7. The summed E-state index contributed by atoms with van der Waals surface area (Å²) in [6.45, 7) is 1.21. The molecule has 5 rings (SSSR count). The van der Waals surface area contributed by atoms with Crippen LogP contribution in [0.5, 0.6) is 11.5 Å². The molecule has 0 radical (unpaired) electrons. The molecular weight excluding hydrogens is 492 g/mol. The van der Waals surface area contributed by atoms with E-state index >= 15 is 4.39 Å². The lowest BCUT2D eigenvalue weighted by Crippen LogP contribution is -2.22. The molecule has 1 aromatic heterocycles. The fourth-order valence-corrected chi connectivity index (χ4v) is 4.62. The number of hydrogen-bond acceptors (Lipinski definition) is 7. The number of methoxy groups -OCH3 is 1. The molecule has 1 atom stereocenters. The molecule has 3 aromatic rings. The molecule has 0 unspecified atom stereocenters. The highest BCUT2D eigenvalue weighted by molar-refractivity contribution is 5.69. The zero-order valence-electron chi connectivity index (χ0n) is 20.3. The van der Waals surface area contributed by atoms with Gasteiger partial charge < -0.3 is 24.6 Å². The third-order valence-corrected chi connectivity index (χ3v) is 6.34. The summed E-state index contributed by atoms with van der Waals surface area (Å²) in [5, 5.41) is 7.51. The van der Waals surface area contributed by atoms with E-state index in [2.05, 4.69) is 20.1 Å². The number of alkyl halides is 3. The first-order valence-corrected chi connectivity index (χ1v) is 11.8. The van der Waals surface area contributed by atoms with Crippen molar-refractivity contribution in [1.82, 2.24) is 19.7 Å². The first kappa shape index (κ1) is 24.7. The number of hydrogen-bond donors (Lipinski definition) is 1. The van der Waals surface area contributed by atoms with E-state index in [1.54, 1.807) is 22.9 Å². The molecule has 0 saturated carbocycles. The standard InChI is InChI=1S/C25H26F4N6O2/c1-33-11-12-34(15-33)21-13-19(26)20(14-22(21)36-2)30-24-31-23-18(5-3-4-10-35(23)32-24)16-6-8-17(9-7-16)37-25(27,28)29/h6-9,11-14,18H,3-5,10,15H2,1-2H3,(H,30,32)/t18-/m0/s1. The van der Waals surface area contributed by atoms with Crippen LogP contribution < -0.4 is 19.7 Å². The Balaban J connectivity index is 1.40. The van der Waals surface area contributed by atoms with E-state index in [-0.39, 0.29) is 23.3 Å². The molecule has 2 aliphatic rings. The van der Waals surface area contributed by atoms with Crippen LogP contribution in [0.3, 0.4) is 0 Å². The molecule has 196 valence electrons. The minimum absolute atomic E-state index is 0.170. The van der Waals surface area contributed by atoms with E-state index in [4.69, 9.17) is 4.74 Å². The van der Waals surface area contributed by atoms with Crippen LogP contribution in [0.1, 0.15) is 36.6 Å². The van der Waals surface area contributed by atoms with E-state index < -0.39 is 12.2 Å². The van der Waals surface area contributed by atoms with Crippen molar-refractivity contribution in [1.29, 1.82) is 0 Å². The van der Waals surface area contributed by atoms with Crippen molar-refractivity contribution in [2.24, 2.45) is 0 Å². The van der Waals surface area contributed by atoms with E-state index in [0.717, 1.165) is 24.8 Å². The molecule has 0 bridgehead atoms. The van der Waals surface area contributed by atoms with Crippen molar-refractivity contribution in [3.63, 3.8) is 0 Å². The third kappa shape index (κ3) is 5.42. The predicted molar refractivity (Wildman–Crippen MR) is 129 cm³/mol. The normalized spacial score (nSPS) is 17.5. The molecule has 0 spiro atoms. The Morgan fingerprint density at radius 1 is 1.08 bits per heavy atom. The van der Waals surface area contributed by atoms with Crippen molar-refractivity contribution in [3.8, 4) is 11.5 Å². The highest BCUT2D eigenvalue weighted by atomic mass is 19.4. The van der Waals surface area contributed by atoms with Gasteiger partial charge in [0, 0.05) is 44.0 Å². The number of nitrogens with zero attached hydrogens (tertiary/aromatic N) is 5. The second-order valence-corrected chi connectivity index (χ2v) is 8.98. The van der Waals surface area contributed by atoms with Crippen molar-refractivity contribution < 1.29 is 27.0 Å². The van der Waals surface area contributed by atoms with Crippen molar-refractivity contribution in [2.45, 2.75) is 38.1 Å². The zero-order valence-corrected chi connectivity index (χ0v) is 20.3. The van der Waals surface area contributed by atoms with Crippen LogP contribution >= 0.6 is 0 Å². The summed E-state index contributed by atoms with van der Waals surface area (Å²) in [7, 11) is 3.44. The minimum atomic E-state index is -4.75. The number of nitrogens with one attached hydrogen (secondary N) is 1. The number of anilines is 3. The van der Waals surface area contributed by atoms with Gasteiger partial charge in [-0.25, -0.2) is 9.07 Å². The second-order valence-electron chi connectivity index (χ2n) is 8.98. The van der Waals surface area contributed by atoms with Crippen LogP contribution in [0.4, 0.5) is 34.9 Å². The van der Waals surface area contributed by atoms with Crippen LogP contribution in [0.25, 0.3) is 0 Å². The van der Waals surface area contributed by atoms with Gasteiger partial charge >= 0.3 is 6.36 Å². The van der Waals surface area contributed by atoms with Crippen LogP contribution in [0.2, 0.25) is 0 Å². The lowest BCUT2D eigenvalue weighted by Gasteiger charge is -2.21. The van der Waals surface area contributed by atoms with Gasteiger partial charge in [0.05, 0.1) is 25.2 Å². The van der Waals surface area contributed by atoms with Crippen LogP contribution in [-0.2, 0) is 6.54 Å². The Kier molecular flexibility index (Phi) is 6.57. The molecular formula is C25H26F4N6O2. The average molecular weight is 519 g/mol. The predicted octanol–water partition coefficient (Wildman–Crippen LogP) is 5.56. The van der Waals surface area contributed by atoms with E-state index in [1.807, 2.05) is 29.2 Å². The maximum atomic E-state index is 15.1. The van der Waals surface area contributed by atoms with E-state index in [1.165, 1.54) is 25.3 Å². The molecule has 12 heteroatoms. The Hall–Kier alpha value is -3.96. The lowest BCUT2D eigenvalue weighted by molar-refractivity contribution is -0.274. The molecule has 0 aliphatic carbocycles. The minimum Gasteiger partial charge on any atom is -0.494 e. The van der Waals surface area contributed by atoms with Gasteiger partial charge in [-0.3, -0.25) is 0 Å². The van der Waals surface area contributed by atoms with Crippen LogP contribution in [0.15, 0.2) is 48.8 Å². The van der Waals surface area contributed by atoms with Gasteiger partial charge in [0.1, 0.15) is 23.1 Å². The van der Waals surface area contributed by atoms with Gasteiger partial charge in [0.2, 0.25) is 5.95 Å². The summed E-state index contributed by atoms with van der Waals surface area (Å²) in [4.78, 5) is 8.48. The summed E-state index contributed by atoms with van der Waals surface area (Å²) in [6.07, 6.45) is 1.52. The highest BCUT2D eigenvalue weighted by Gasteiger charge is 2.31. The smallest absolute Gasteiger partial charge is 0.494 e. The van der Waals surface area contributed by atoms with Crippen LogP contribution in [-0.4, -0.2) is 46.9 Å². The molecule has 2 aliphatic heterocycles. The summed E-state index contributed by atoms with van der Waals surface area (Å²) < 4.78 is 64.0. The number of fused-ring (bicyclic) bond motifs is 1. The highest BCUT2D eigenvalue weighted by Crippen LogP contribution is 2.37. The van der Waals surface area contributed by atoms with Gasteiger partial charge in [0.15, 0.2) is 0 Å². The van der Waals surface area contributed by atoms with Gasteiger partial charge in [0.25, 0.3) is 0 Å². The zero-order chi connectivity index (χ0) is 26.2. The Bertz CT molecular complexity index is 1290. The topological polar surface area (TPSA) is 67.7 Å². The first-order valence-electron chi connectivity index (χ1n) is 11.8. The third-order valence-electron chi connectivity index (χ3n) is 6.34. The summed E-state index contributed by atoms with van der Waals surface area (Å²) >= 11 is 0. The van der Waals surface area contributed by atoms with Gasteiger partial charge in [-0.1, -0.05) is 18.6 Å². The summed E-state index contributed by atoms with van der Waals surface area (Å²) in [5.41, 5.74) is 1.57. The Morgan fingerprint density at radius 2 is 1.86 bits per heavy atom. The molecule has 0 amide bonds. The van der Waals surface area contributed by atoms with Gasteiger partial charge in [-0.15, -0.1) is 18.3 Å². The number of rotatable bonds is 6. The fourth-order valence-electron chi connectivity index (χ4n) is 4.62. The number of aromatic nitrogens is 3. The number of halogens is 4. The average Bonchev–Trinajstić information content (AvgIpc) is 3.40. The Morgan fingerprint density at radius 3 is 2.54 bits per heavy atom. The maximum Gasteiger partial charge on any atom is 0.573 e. The van der Waals surface area contributed by atoms with E-state index in [0.29, 0.717) is 30.5 Å². The lowest BCUT2D eigenvalue weighted by atomic mass is 9.93. The largest absolute Gasteiger partial charge is 0.573 e. The molecule has 8 nitrogen and oxygen atoms in total.